The van der Waals surface area contributed by atoms with Crippen LogP contribution in [-0.2, 0) is 4.74 Å². The van der Waals surface area contributed by atoms with E-state index in [4.69, 9.17) is 16.4 Å². The molecular formula is C22H36N6O2. The molecule has 0 amide bonds. The van der Waals surface area contributed by atoms with Gasteiger partial charge in [0, 0.05) is 19.4 Å². The third-order valence-electron chi connectivity index (χ3n) is 5.52. The molecular weight excluding hydrogens is 380 g/mol. The Balaban J connectivity index is 2.34. The zero-order valence-electron chi connectivity index (χ0n) is 18.5. The van der Waals surface area contributed by atoms with E-state index in [0.717, 1.165) is 42.2 Å². The monoisotopic (exact) mass is 416 g/mol. The molecule has 0 bridgehead atoms. The van der Waals surface area contributed by atoms with Crippen LogP contribution >= 0.6 is 0 Å². The normalized spacial score (nSPS) is 19.8. The molecule has 0 spiro atoms. The summed E-state index contributed by atoms with van der Waals surface area (Å²) in [5, 5.41) is 11.4. The predicted molar refractivity (Wildman–Crippen MR) is 121 cm³/mol. The maximum atomic E-state index is 10.1. The molecule has 8 nitrogen and oxygen atoms in total. The fraction of sp³-hybridized carbons (Fsp3) is 0.500. The van der Waals surface area contributed by atoms with Crippen molar-refractivity contribution in [3.63, 3.8) is 0 Å². The molecule has 1 saturated heterocycles. The number of ether oxygens (including phenoxy) is 1. The molecule has 0 aliphatic carbocycles. The number of hydrogen-bond donors (Lipinski definition) is 3. The quantitative estimate of drug-likeness (QED) is 0.233. The van der Waals surface area contributed by atoms with Crippen LogP contribution in [0.2, 0.25) is 0 Å². The van der Waals surface area contributed by atoms with Crippen molar-refractivity contribution in [2.24, 2.45) is 11.8 Å². The molecule has 3 atom stereocenters. The average Bonchev–Trinajstić information content (AvgIpc) is 3.34. The smallest absolute Gasteiger partial charge is 0.229 e. The number of hydrogen-bond acceptors (Lipinski definition) is 7. The van der Waals surface area contributed by atoms with Crippen molar-refractivity contribution in [1.82, 2.24) is 19.6 Å². The van der Waals surface area contributed by atoms with E-state index in [1.54, 1.807) is 16.9 Å². The first-order valence-electron chi connectivity index (χ1n) is 10.3. The van der Waals surface area contributed by atoms with Crippen LogP contribution in [0.5, 0.6) is 0 Å². The highest BCUT2D eigenvalue weighted by Gasteiger charge is 2.37. The summed E-state index contributed by atoms with van der Waals surface area (Å²) < 4.78 is 6.65. The highest BCUT2D eigenvalue weighted by atomic mass is 16.6. The van der Waals surface area contributed by atoms with Crippen molar-refractivity contribution in [2.75, 3.05) is 19.5 Å². The minimum atomic E-state index is -1.22. The SMILES string of the molecule is C=C/C=C\C(=C/C)c1cnc([C@@H]2CCCN2C(=C)[C@H](C(C)C)N(N)[C@@H](O)OC)n1N. The number of allylic oxidation sites excluding steroid dienone is 5. The minimum absolute atomic E-state index is 0.0212. The van der Waals surface area contributed by atoms with Gasteiger partial charge in [0.25, 0.3) is 0 Å². The van der Waals surface area contributed by atoms with E-state index in [2.05, 4.69) is 23.0 Å². The molecule has 30 heavy (non-hydrogen) atoms. The van der Waals surface area contributed by atoms with Crippen LogP contribution in [-0.4, -0.2) is 50.8 Å². The molecule has 1 aliphatic heterocycles. The van der Waals surface area contributed by atoms with Crippen LogP contribution in [0, 0.1) is 5.92 Å². The molecule has 0 aromatic carbocycles. The van der Waals surface area contributed by atoms with Crippen molar-refractivity contribution in [3.8, 4) is 0 Å². The van der Waals surface area contributed by atoms with Crippen LogP contribution in [0.3, 0.4) is 0 Å². The number of likely N-dealkylation sites (tertiary alicyclic amines) is 1. The second-order valence-corrected chi connectivity index (χ2v) is 7.75. The first-order valence-corrected chi connectivity index (χ1v) is 10.3. The summed E-state index contributed by atoms with van der Waals surface area (Å²) >= 11 is 0. The van der Waals surface area contributed by atoms with E-state index in [0.29, 0.717) is 0 Å². The lowest BCUT2D eigenvalue weighted by Gasteiger charge is -2.39. The zero-order valence-corrected chi connectivity index (χ0v) is 18.5. The van der Waals surface area contributed by atoms with E-state index in [1.807, 2.05) is 39.0 Å². The number of imidazole rings is 1. The average molecular weight is 417 g/mol. The molecule has 5 N–H and O–H groups in total. The molecule has 1 aliphatic rings. The molecule has 2 heterocycles. The van der Waals surface area contributed by atoms with E-state index in [1.165, 1.54) is 12.1 Å². The van der Waals surface area contributed by atoms with Crippen LogP contribution in [0.1, 0.15) is 51.2 Å². The molecule has 1 fully saturated rings. The molecule has 0 unspecified atom stereocenters. The molecule has 0 radical (unpaired) electrons. The van der Waals surface area contributed by atoms with Crippen LogP contribution in [0.25, 0.3) is 5.57 Å². The lowest BCUT2D eigenvalue weighted by Crippen LogP contribution is -2.54. The molecule has 166 valence electrons. The number of aliphatic hydroxyl groups excluding tert-OH is 1. The van der Waals surface area contributed by atoms with Crippen molar-refractivity contribution < 1.29 is 9.84 Å². The van der Waals surface area contributed by atoms with Crippen molar-refractivity contribution in [2.45, 2.75) is 52.1 Å². The first-order chi connectivity index (χ1) is 14.3. The number of nitrogens with zero attached hydrogens (tertiary/aromatic N) is 4. The lowest BCUT2D eigenvalue weighted by molar-refractivity contribution is -0.194. The molecule has 1 aromatic heterocycles. The fourth-order valence-corrected chi connectivity index (χ4v) is 4.05. The van der Waals surface area contributed by atoms with Crippen LogP contribution < -0.4 is 11.7 Å². The van der Waals surface area contributed by atoms with Gasteiger partial charge in [-0.3, -0.25) is 5.84 Å². The Morgan fingerprint density at radius 2 is 2.17 bits per heavy atom. The topological polar surface area (TPSA) is 106 Å². The third-order valence-corrected chi connectivity index (χ3v) is 5.52. The Kier molecular flexibility index (Phi) is 8.43. The van der Waals surface area contributed by atoms with Gasteiger partial charge in [-0.15, -0.1) is 0 Å². The van der Waals surface area contributed by atoms with Gasteiger partial charge in [0.1, 0.15) is 5.82 Å². The number of nitrogens with two attached hydrogens (primary N) is 2. The maximum Gasteiger partial charge on any atom is 0.229 e. The van der Waals surface area contributed by atoms with Gasteiger partial charge in [0.15, 0.2) is 0 Å². The summed E-state index contributed by atoms with van der Waals surface area (Å²) in [4.78, 5) is 6.84. The summed E-state index contributed by atoms with van der Waals surface area (Å²) in [6, 6.07) is -0.324. The van der Waals surface area contributed by atoms with Crippen LogP contribution in [0.15, 0.2) is 49.4 Å². The standard InChI is InChI=1S/C22H36N6O2/c1-7-9-11-17(8-2)19-14-25-21(27(19)23)18-12-10-13-26(18)16(5)20(15(3)4)28(24)22(29)30-6/h7-9,11,14-15,18,20,22,29H,1,5,10,12-13,23-24H2,2-4,6H3/b11-9-,17-8+/t18-,20-,22-/m0/s1. The second kappa shape index (κ2) is 10.6. The summed E-state index contributed by atoms with van der Waals surface area (Å²) in [7, 11) is 1.41. The van der Waals surface area contributed by atoms with Crippen LogP contribution in [0.4, 0.5) is 0 Å². The van der Waals surface area contributed by atoms with Gasteiger partial charge in [-0.25, -0.2) is 9.66 Å². The summed E-state index contributed by atoms with van der Waals surface area (Å²) in [5.41, 5.74) is 2.61. The third kappa shape index (κ3) is 4.84. The number of aliphatic hydroxyl groups is 1. The van der Waals surface area contributed by atoms with E-state index >= 15 is 0 Å². The number of methoxy groups -OCH3 is 1. The van der Waals surface area contributed by atoms with Crippen molar-refractivity contribution >= 4 is 5.57 Å². The number of hydrazine groups is 1. The lowest BCUT2D eigenvalue weighted by atomic mass is 9.99. The molecule has 2 rings (SSSR count). The molecule has 8 heteroatoms. The molecule has 1 aromatic rings. The Hall–Kier alpha value is -2.39. The van der Waals surface area contributed by atoms with Gasteiger partial charge in [0.05, 0.1) is 24.0 Å². The molecule has 0 saturated carbocycles. The van der Waals surface area contributed by atoms with E-state index in [9.17, 15) is 5.11 Å². The van der Waals surface area contributed by atoms with Gasteiger partial charge in [-0.2, -0.15) is 5.01 Å². The number of rotatable bonds is 10. The highest BCUT2D eigenvalue weighted by molar-refractivity contribution is 5.72. The van der Waals surface area contributed by atoms with Gasteiger partial charge < -0.3 is 20.6 Å². The summed E-state index contributed by atoms with van der Waals surface area (Å²) in [6.07, 6.45) is 10.0. The number of nitrogen functional groups attached to an aromatic ring is 1. The predicted octanol–water partition coefficient (Wildman–Crippen LogP) is 2.52. The highest BCUT2D eigenvalue weighted by Crippen LogP contribution is 2.37. The Bertz CT molecular complexity index is 798. The van der Waals surface area contributed by atoms with E-state index in [-0.39, 0.29) is 18.0 Å². The second-order valence-electron chi connectivity index (χ2n) is 7.75. The van der Waals surface area contributed by atoms with Gasteiger partial charge in [0.2, 0.25) is 6.41 Å². The first kappa shape index (κ1) is 23.9. The summed E-state index contributed by atoms with van der Waals surface area (Å²) in [6.45, 7) is 14.9. The Morgan fingerprint density at radius 1 is 1.47 bits per heavy atom. The zero-order chi connectivity index (χ0) is 22.4. The summed E-state index contributed by atoms with van der Waals surface area (Å²) in [5.74, 6) is 13.5. The van der Waals surface area contributed by atoms with Gasteiger partial charge in [-0.1, -0.05) is 51.3 Å². The largest absolute Gasteiger partial charge is 0.364 e. The minimum Gasteiger partial charge on any atom is -0.364 e. The Morgan fingerprint density at radius 3 is 2.73 bits per heavy atom. The van der Waals surface area contributed by atoms with E-state index < -0.39 is 6.41 Å². The van der Waals surface area contributed by atoms with Gasteiger partial charge in [-0.05, 0) is 31.3 Å². The van der Waals surface area contributed by atoms with Crippen molar-refractivity contribution in [1.29, 1.82) is 0 Å². The number of aromatic nitrogens is 2. The fourth-order valence-electron chi connectivity index (χ4n) is 4.05. The maximum absolute atomic E-state index is 10.1. The van der Waals surface area contributed by atoms with Gasteiger partial charge >= 0.3 is 0 Å². The van der Waals surface area contributed by atoms with Crippen molar-refractivity contribution in [3.05, 3.63) is 60.9 Å². The Labute approximate surface area is 179 Å².